The van der Waals surface area contributed by atoms with Gasteiger partial charge in [0.1, 0.15) is 12.3 Å². The molecule has 1 saturated heterocycles. The Labute approximate surface area is 191 Å². The Kier molecular flexibility index (Phi) is 6.79. The molecule has 2 aliphatic rings. The third-order valence-corrected chi connectivity index (χ3v) is 5.56. The van der Waals surface area contributed by atoms with E-state index < -0.39 is 0 Å². The van der Waals surface area contributed by atoms with Crippen molar-refractivity contribution in [1.29, 1.82) is 0 Å². The van der Waals surface area contributed by atoms with E-state index in [0.717, 1.165) is 5.56 Å². The molecule has 2 heterocycles. The van der Waals surface area contributed by atoms with E-state index >= 15 is 0 Å². The zero-order chi connectivity index (χ0) is 23.4. The first-order valence-electron chi connectivity index (χ1n) is 10.7. The minimum absolute atomic E-state index is 0.121. The van der Waals surface area contributed by atoms with Crippen molar-refractivity contribution in [1.82, 2.24) is 4.90 Å². The maximum absolute atomic E-state index is 12.8. The van der Waals surface area contributed by atoms with Gasteiger partial charge < -0.3 is 23.8 Å². The first kappa shape index (κ1) is 22.6. The fourth-order valence-electron chi connectivity index (χ4n) is 3.72. The molecule has 9 nitrogen and oxygen atoms in total. The summed E-state index contributed by atoms with van der Waals surface area (Å²) >= 11 is 0. The number of carbonyl (C=O) groups excluding carboxylic acids is 3. The van der Waals surface area contributed by atoms with Gasteiger partial charge in [-0.3, -0.25) is 19.3 Å². The quantitative estimate of drug-likeness (QED) is 0.590. The van der Waals surface area contributed by atoms with Gasteiger partial charge in [-0.2, -0.15) is 0 Å². The largest absolute Gasteiger partial charge is 0.493 e. The van der Waals surface area contributed by atoms with Crippen LogP contribution in [-0.4, -0.2) is 75.7 Å². The number of carbonyl (C=O) groups is 3. The van der Waals surface area contributed by atoms with E-state index in [4.69, 9.17) is 18.9 Å². The van der Waals surface area contributed by atoms with Crippen molar-refractivity contribution in [2.45, 2.75) is 6.92 Å². The molecule has 0 aromatic heterocycles. The van der Waals surface area contributed by atoms with E-state index in [1.54, 1.807) is 29.2 Å². The van der Waals surface area contributed by atoms with Crippen molar-refractivity contribution < 1.29 is 33.3 Å². The summed E-state index contributed by atoms with van der Waals surface area (Å²) < 4.78 is 21.8. The molecule has 0 N–H and O–H groups in total. The number of hydrogen-bond donors (Lipinski definition) is 0. The monoisotopic (exact) mass is 454 g/mol. The number of benzene rings is 2. The number of fused-ring (bicyclic) bond motifs is 1. The summed E-state index contributed by atoms with van der Waals surface area (Å²) in [5.41, 5.74) is 1.75. The summed E-state index contributed by atoms with van der Waals surface area (Å²) in [7, 11) is 1.54. The number of morpholine rings is 1. The molecule has 9 heteroatoms. The molecule has 2 aromatic carbocycles. The number of nitrogens with zero attached hydrogens (tertiary/aromatic N) is 2. The first-order chi connectivity index (χ1) is 16.0. The second-order valence-corrected chi connectivity index (χ2v) is 7.81. The Balaban J connectivity index is 1.49. The molecule has 1 fully saturated rings. The standard InChI is InChI=1S/C24H26N2O7/c1-16-3-5-21(22(11-16)30-2)32-14-19(27)17-4-6-20-18(12-17)26(24(29)15-33-20)13-23(28)25-7-9-31-10-8-25/h3-6,11-12H,7-10,13-15H2,1-2H3. The van der Waals surface area contributed by atoms with Crippen molar-refractivity contribution in [2.24, 2.45) is 0 Å². The van der Waals surface area contributed by atoms with Gasteiger partial charge in [-0.05, 0) is 42.8 Å². The van der Waals surface area contributed by atoms with Gasteiger partial charge in [0.25, 0.3) is 5.91 Å². The number of Topliss-reactive ketones (excluding diaryl/α,β-unsaturated/α-hetero) is 1. The summed E-state index contributed by atoms with van der Waals surface area (Å²) in [4.78, 5) is 41.1. The van der Waals surface area contributed by atoms with Crippen molar-refractivity contribution >= 4 is 23.3 Å². The van der Waals surface area contributed by atoms with Crippen LogP contribution in [0.25, 0.3) is 0 Å². The fraction of sp³-hybridized carbons (Fsp3) is 0.375. The summed E-state index contributed by atoms with van der Waals surface area (Å²) in [6.45, 7) is 3.37. The van der Waals surface area contributed by atoms with Gasteiger partial charge in [0.15, 0.2) is 30.5 Å². The highest BCUT2D eigenvalue weighted by Gasteiger charge is 2.30. The summed E-state index contributed by atoms with van der Waals surface area (Å²) in [6.07, 6.45) is 0. The molecule has 0 atom stereocenters. The van der Waals surface area contributed by atoms with Crippen LogP contribution >= 0.6 is 0 Å². The highest BCUT2D eigenvalue weighted by Crippen LogP contribution is 2.33. The molecular weight excluding hydrogens is 428 g/mol. The number of methoxy groups -OCH3 is 1. The average Bonchev–Trinajstić information content (AvgIpc) is 2.84. The lowest BCUT2D eigenvalue weighted by molar-refractivity contribution is -0.135. The molecule has 0 spiro atoms. The maximum Gasteiger partial charge on any atom is 0.265 e. The van der Waals surface area contributed by atoms with Gasteiger partial charge >= 0.3 is 0 Å². The number of aryl methyl sites for hydroxylation is 1. The van der Waals surface area contributed by atoms with Gasteiger partial charge in [-0.15, -0.1) is 0 Å². The molecule has 0 saturated carbocycles. The van der Waals surface area contributed by atoms with Crippen LogP contribution in [0.4, 0.5) is 5.69 Å². The SMILES string of the molecule is COc1cc(C)ccc1OCC(=O)c1ccc2c(c1)N(CC(=O)N1CCOCC1)C(=O)CO2. The van der Waals surface area contributed by atoms with Crippen LogP contribution < -0.4 is 19.1 Å². The Morgan fingerprint density at radius 1 is 1.06 bits per heavy atom. The van der Waals surface area contributed by atoms with Crippen LogP contribution in [0.1, 0.15) is 15.9 Å². The van der Waals surface area contributed by atoms with Crippen LogP contribution in [0.2, 0.25) is 0 Å². The smallest absolute Gasteiger partial charge is 0.265 e. The Hall–Kier alpha value is -3.59. The van der Waals surface area contributed by atoms with Crippen LogP contribution in [-0.2, 0) is 14.3 Å². The van der Waals surface area contributed by atoms with E-state index in [1.807, 2.05) is 19.1 Å². The Morgan fingerprint density at radius 2 is 1.85 bits per heavy atom. The molecule has 2 aliphatic heterocycles. The molecular formula is C24H26N2O7. The zero-order valence-corrected chi connectivity index (χ0v) is 18.7. The first-order valence-corrected chi connectivity index (χ1v) is 10.7. The van der Waals surface area contributed by atoms with Crippen LogP contribution in [0.5, 0.6) is 17.2 Å². The van der Waals surface area contributed by atoms with E-state index in [-0.39, 0.29) is 37.4 Å². The molecule has 0 aliphatic carbocycles. The van der Waals surface area contributed by atoms with Crippen molar-refractivity contribution in [2.75, 3.05) is 58.1 Å². The van der Waals surface area contributed by atoms with Gasteiger partial charge in [0.05, 0.1) is 26.0 Å². The highest BCUT2D eigenvalue weighted by molar-refractivity contribution is 6.04. The number of anilines is 1. The summed E-state index contributed by atoms with van der Waals surface area (Å²) in [5, 5.41) is 0. The van der Waals surface area contributed by atoms with Crippen LogP contribution in [0, 0.1) is 6.92 Å². The molecule has 2 amide bonds. The fourth-order valence-corrected chi connectivity index (χ4v) is 3.72. The molecule has 174 valence electrons. The number of rotatable bonds is 7. The lowest BCUT2D eigenvalue weighted by Gasteiger charge is -2.32. The lowest BCUT2D eigenvalue weighted by atomic mass is 10.1. The normalized spacial score (nSPS) is 15.5. The van der Waals surface area contributed by atoms with Crippen LogP contribution in [0.3, 0.4) is 0 Å². The number of ketones is 1. The Bertz CT molecular complexity index is 1060. The minimum Gasteiger partial charge on any atom is -0.493 e. The molecule has 33 heavy (non-hydrogen) atoms. The number of ether oxygens (including phenoxy) is 4. The van der Waals surface area contributed by atoms with Gasteiger partial charge in [0, 0.05) is 18.7 Å². The predicted molar refractivity (Wildman–Crippen MR) is 119 cm³/mol. The maximum atomic E-state index is 12.8. The molecule has 0 unspecified atom stereocenters. The van der Waals surface area contributed by atoms with Crippen molar-refractivity contribution in [3.8, 4) is 17.2 Å². The summed E-state index contributed by atoms with van der Waals surface area (Å²) in [6, 6.07) is 10.3. The van der Waals surface area contributed by atoms with Crippen molar-refractivity contribution in [3.05, 3.63) is 47.5 Å². The second kappa shape index (κ2) is 9.91. The molecule has 2 aromatic rings. The summed E-state index contributed by atoms with van der Waals surface area (Å²) in [5.74, 6) is 0.658. The third kappa shape index (κ3) is 5.09. The molecule has 0 bridgehead atoms. The van der Waals surface area contributed by atoms with Crippen molar-refractivity contribution in [3.63, 3.8) is 0 Å². The molecule has 0 radical (unpaired) electrons. The molecule has 4 rings (SSSR count). The van der Waals surface area contributed by atoms with Gasteiger partial charge in [0.2, 0.25) is 5.91 Å². The second-order valence-electron chi connectivity index (χ2n) is 7.81. The van der Waals surface area contributed by atoms with E-state index in [0.29, 0.717) is 54.8 Å². The highest BCUT2D eigenvalue weighted by atomic mass is 16.5. The zero-order valence-electron chi connectivity index (χ0n) is 18.7. The number of amides is 2. The average molecular weight is 454 g/mol. The van der Waals surface area contributed by atoms with E-state index in [1.165, 1.54) is 12.0 Å². The van der Waals surface area contributed by atoms with E-state index in [9.17, 15) is 14.4 Å². The minimum atomic E-state index is -0.339. The predicted octanol–water partition coefficient (Wildman–Crippen LogP) is 1.85. The third-order valence-electron chi connectivity index (χ3n) is 5.56. The topological polar surface area (TPSA) is 94.6 Å². The van der Waals surface area contributed by atoms with E-state index in [2.05, 4.69) is 0 Å². The number of hydrogen-bond acceptors (Lipinski definition) is 7. The Morgan fingerprint density at radius 3 is 2.61 bits per heavy atom. The van der Waals surface area contributed by atoms with Crippen LogP contribution in [0.15, 0.2) is 36.4 Å². The lowest BCUT2D eigenvalue weighted by Crippen LogP contribution is -2.49. The van der Waals surface area contributed by atoms with Gasteiger partial charge in [-0.25, -0.2) is 0 Å². The van der Waals surface area contributed by atoms with Gasteiger partial charge in [-0.1, -0.05) is 6.07 Å².